The van der Waals surface area contributed by atoms with E-state index in [4.69, 9.17) is 5.11 Å². The molecular formula is C12H12F3N3O2. The zero-order valence-electron chi connectivity index (χ0n) is 10.8. The van der Waals surface area contributed by atoms with E-state index in [2.05, 4.69) is 10.3 Å². The SMILES string of the molecule is Cc1c(CCC(=O)O)cc(C(F)(F)F)c2c1nnn2C. The van der Waals surface area contributed by atoms with Crippen molar-refractivity contribution in [2.45, 2.75) is 25.9 Å². The van der Waals surface area contributed by atoms with Crippen molar-refractivity contribution in [3.63, 3.8) is 0 Å². The summed E-state index contributed by atoms with van der Waals surface area (Å²) in [6.07, 6.45) is -4.75. The molecule has 0 aliphatic carbocycles. The first kappa shape index (κ1) is 14.3. The van der Waals surface area contributed by atoms with Crippen LogP contribution in [0, 0.1) is 6.92 Å². The van der Waals surface area contributed by atoms with Gasteiger partial charge in [0.2, 0.25) is 0 Å². The van der Waals surface area contributed by atoms with Gasteiger partial charge in [-0.3, -0.25) is 4.79 Å². The lowest BCUT2D eigenvalue weighted by molar-refractivity contribution is -0.137. The zero-order valence-corrected chi connectivity index (χ0v) is 10.8. The van der Waals surface area contributed by atoms with Gasteiger partial charge in [0.15, 0.2) is 0 Å². The summed E-state index contributed by atoms with van der Waals surface area (Å²) >= 11 is 0. The third-order valence-electron chi connectivity index (χ3n) is 3.15. The van der Waals surface area contributed by atoms with Gasteiger partial charge in [-0.25, -0.2) is 4.68 Å². The maximum absolute atomic E-state index is 13.1. The number of hydrogen-bond donors (Lipinski definition) is 1. The summed E-state index contributed by atoms with van der Waals surface area (Å²) in [6.45, 7) is 1.62. The van der Waals surface area contributed by atoms with E-state index in [1.165, 1.54) is 7.05 Å². The van der Waals surface area contributed by atoms with Gasteiger partial charge in [0, 0.05) is 13.5 Å². The Kier molecular flexibility index (Phi) is 3.41. The van der Waals surface area contributed by atoms with E-state index in [0.717, 1.165) is 10.7 Å². The summed E-state index contributed by atoms with van der Waals surface area (Å²) in [5, 5.41) is 16.0. The largest absolute Gasteiger partial charge is 0.481 e. The van der Waals surface area contributed by atoms with Gasteiger partial charge in [-0.2, -0.15) is 13.2 Å². The van der Waals surface area contributed by atoms with Crippen LogP contribution in [0.15, 0.2) is 6.07 Å². The Bertz CT molecular complexity index is 677. The lowest BCUT2D eigenvalue weighted by Gasteiger charge is -2.13. The monoisotopic (exact) mass is 287 g/mol. The quantitative estimate of drug-likeness (QED) is 0.940. The molecule has 0 saturated carbocycles. The highest BCUT2D eigenvalue weighted by Crippen LogP contribution is 2.36. The molecule has 0 fully saturated rings. The van der Waals surface area contributed by atoms with Crippen LogP contribution in [0.1, 0.15) is 23.1 Å². The molecule has 20 heavy (non-hydrogen) atoms. The summed E-state index contributed by atoms with van der Waals surface area (Å²) in [7, 11) is 1.39. The maximum Gasteiger partial charge on any atom is 0.418 e. The average Bonchev–Trinajstić information content (AvgIpc) is 2.69. The van der Waals surface area contributed by atoms with Crippen molar-refractivity contribution >= 4 is 17.0 Å². The van der Waals surface area contributed by atoms with Crippen molar-refractivity contribution in [2.24, 2.45) is 7.05 Å². The first-order valence-electron chi connectivity index (χ1n) is 5.82. The van der Waals surface area contributed by atoms with Gasteiger partial charge in [0.1, 0.15) is 11.0 Å². The van der Waals surface area contributed by atoms with Gasteiger partial charge in [-0.15, -0.1) is 5.10 Å². The van der Waals surface area contributed by atoms with Crippen molar-refractivity contribution in [1.29, 1.82) is 0 Å². The van der Waals surface area contributed by atoms with E-state index in [0.29, 0.717) is 11.1 Å². The summed E-state index contributed by atoms with van der Waals surface area (Å²) in [5.41, 5.74) is 0.0813. The Morgan fingerprint density at radius 3 is 2.65 bits per heavy atom. The van der Waals surface area contributed by atoms with Crippen LogP contribution in [0.5, 0.6) is 0 Å². The summed E-state index contributed by atoms with van der Waals surface area (Å²) in [4.78, 5) is 10.6. The number of alkyl halides is 3. The Morgan fingerprint density at radius 1 is 1.45 bits per heavy atom. The second-order valence-electron chi connectivity index (χ2n) is 4.51. The minimum Gasteiger partial charge on any atom is -0.481 e. The molecule has 108 valence electrons. The van der Waals surface area contributed by atoms with E-state index in [1.54, 1.807) is 6.92 Å². The number of halogens is 3. The molecule has 0 amide bonds. The summed E-state index contributed by atoms with van der Waals surface area (Å²) < 4.78 is 40.4. The molecule has 0 aliphatic rings. The lowest BCUT2D eigenvalue weighted by Crippen LogP contribution is -2.10. The molecule has 8 heteroatoms. The van der Waals surface area contributed by atoms with Gasteiger partial charge in [-0.1, -0.05) is 5.21 Å². The predicted octanol–water partition coefficient (Wildman–Crippen LogP) is 2.31. The van der Waals surface area contributed by atoms with Gasteiger partial charge in [0.25, 0.3) is 0 Å². The van der Waals surface area contributed by atoms with Crippen LogP contribution in [0.4, 0.5) is 13.2 Å². The summed E-state index contributed by atoms with van der Waals surface area (Å²) in [6, 6.07) is 0.990. The molecule has 0 spiro atoms. The molecule has 0 radical (unpaired) electrons. The third kappa shape index (κ3) is 2.45. The number of aliphatic carboxylic acids is 1. The van der Waals surface area contributed by atoms with Gasteiger partial charge < -0.3 is 5.11 Å². The van der Waals surface area contributed by atoms with Gasteiger partial charge in [-0.05, 0) is 30.5 Å². The summed E-state index contributed by atoms with van der Waals surface area (Å²) in [5.74, 6) is -1.06. The molecule has 1 aromatic carbocycles. The third-order valence-corrected chi connectivity index (χ3v) is 3.15. The zero-order chi connectivity index (χ0) is 15.1. The van der Waals surface area contributed by atoms with Crippen molar-refractivity contribution in [2.75, 3.05) is 0 Å². The van der Waals surface area contributed by atoms with Crippen molar-refractivity contribution < 1.29 is 23.1 Å². The minimum atomic E-state index is -4.54. The molecule has 0 saturated heterocycles. The van der Waals surface area contributed by atoms with Crippen LogP contribution in [-0.2, 0) is 24.4 Å². The molecule has 1 N–H and O–H groups in total. The van der Waals surface area contributed by atoms with Crippen LogP contribution in [0.3, 0.4) is 0 Å². The van der Waals surface area contributed by atoms with Gasteiger partial charge in [0.05, 0.1) is 5.56 Å². The molecule has 0 aliphatic heterocycles. The van der Waals surface area contributed by atoms with Crippen molar-refractivity contribution in [3.8, 4) is 0 Å². The smallest absolute Gasteiger partial charge is 0.418 e. The van der Waals surface area contributed by atoms with Crippen LogP contribution in [0.25, 0.3) is 11.0 Å². The van der Waals surface area contributed by atoms with E-state index in [1.807, 2.05) is 0 Å². The second kappa shape index (κ2) is 4.77. The number of carbonyl (C=O) groups is 1. The van der Waals surface area contributed by atoms with Crippen molar-refractivity contribution in [1.82, 2.24) is 15.0 Å². The molecule has 2 aromatic rings. The minimum absolute atomic E-state index is 0.0246. The number of nitrogens with zero attached hydrogens (tertiary/aromatic N) is 3. The van der Waals surface area contributed by atoms with Crippen LogP contribution in [0.2, 0.25) is 0 Å². The lowest BCUT2D eigenvalue weighted by atomic mass is 9.98. The Labute approximate surface area is 112 Å². The molecule has 0 bridgehead atoms. The highest BCUT2D eigenvalue weighted by atomic mass is 19.4. The first-order chi connectivity index (χ1) is 9.21. The van der Waals surface area contributed by atoms with E-state index < -0.39 is 17.7 Å². The molecule has 0 unspecified atom stereocenters. The fourth-order valence-corrected chi connectivity index (χ4v) is 2.13. The van der Waals surface area contributed by atoms with Crippen LogP contribution < -0.4 is 0 Å². The van der Waals surface area contributed by atoms with Crippen molar-refractivity contribution in [3.05, 3.63) is 22.8 Å². The van der Waals surface area contributed by atoms with Gasteiger partial charge >= 0.3 is 12.1 Å². The molecule has 5 nitrogen and oxygen atoms in total. The number of carboxylic acid groups (broad SMARTS) is 1. The first-order valence-corrected chi connectivity index (χ1v) is 5.82. The standard InChI is InChI=1S/C12H12F3N3O2/c1-6-7(3-4-9(19)20)5-8(12(13,14)15)11-10(6)16-17-18(11)2/h5H,3-4H2,1-2H3,(H,19,20). The highest BCUT2D eigenvalue weighted by Gasteiger charge is 2.35. The maximum atomic E-state index is 13.1. The number of aryl methyl sites for hydroxylation is 3. The fraction of sp³-hybridized carbons (Fsp3) is 0.417. The number of benzene rings is 1. The Morgan fingerprint density at radius 2 is 2.10 bits per heavy atom. The number of hydrogen-bond acceptors (Lipinski definition) is 3. The van der Waals surface area contributed by atoms with E-state index in [-0.39, 0.29) is 23.9 Å². The topological polar surface area (TPSA) is 68.0 Å². The molecule has 0 atom stereocenters. The number of fused-ring (bicyclic) bond motifs is 1. The number of carboxylic acids is 1. The molecule has 1 aromatic heterocycles. The van der Waals surface area contributed by atoms with E-state index >= 15 is 0 Å². The second-order valence-corrected chi connectivity index (χ2v) is 4.51. The average molecular weight is 287 g/mol. The Balaban J connectivity index is 2.66. The van der Waals surface area contributed by atoms with Crippen LogP contribution >= 0.6 is 0 Å². The molecular weight excluding hydrogens is 275 g/mol. The predicted molar refractivity (Wildman–Crippen MR) is 64.2 cm³/mol. The highest BCUT2D eigenvalue weighted by molar-refractivity contribution is 5.83. The Hall–Kier alpha value is -2.12. The molecule has 2 rings (SSSR count). The van der Waals surface area contributed by atoms with E-state index in [9.17, 15) is 18.0 Å². The number of rotatable bonds is 3. The number of aromatic nitrogens is 3. The normalized spacial score (nSPS) is 12.1. The molecule has 1 heterocycles. The van der Waals surface area contributed by atoms with Crippen LogP contribution in [-0.4, -0.2) is 26.1 Å². The fourth-order valence-electron chi connectivity index (χ4n) is 2.13.